The first-order valence-electron chi connectivity index (χ1n) is 8.18. The zero-order valence-corrected chi connectivity index (χ0v) is 13.6. The molecular formula is C18H26N4. The van der Waals surface area contributed by atoms with Crippen LogP contribution in [0.2, 0.25) is 0 Å². The lowest BCUT2D eigenvalue weighted by atomic mass is 10.1. The summed E-state index contributed by atoms with van der Waals surface area (Å²) in [4.78, 5) is 12.7. The molecule has 4 nitrogen and oxygen atoms in total. The Kier molecular flexibility index (Phi) is 4.90. The van der Waals surface area contributed by atoms with Crippen LogP contribution in [-0.2, 0) is 13.1 Å². The van der Waals surface area contributed by atoms with E-state index in [-0.39, 0.29) is 0 Å². The fraction of sp³-hybridized carbons (Fsp3) is 0.500. The second kappa shape index (κ2) is 7.07. The minimum atomic E-state index is 0.654. The number of nitrogens with one attached hydrogen (secondary N) is 1. The molecule has 1 saturated heterocycles. The van der Waals surface area contributed by atoms with Gasteiger partial charge >= 0.3 is 0 Å². The van der Waals surface area contributed by atoms with Gasteiger partial charge in [-0.1, -0.05) is 30.3 Å². The van der Waals surface area contributed by atoms with Crippen LogP contribution in [0.4, 0.5) is 0 Å². The Labute approximate surface area is 133 Å². The number of benzene rings is 1. The predicted octanol–water partition coefficient (Wildman–Crippen LogP) is 2.81. The maximum atomic E-state index is 4.41. The number of hydrogen-bond donors (Lipinski definition) is 1. The fourth-order valence-electron chi connectivity index (χ4n) is 3.36. The number of aryl methyl sites for hydroxylation is 1. The Morgan fingerprint density at radius 1 is 1.32 bits per heavy atom. The third kappa shape index (κ3) is 3.96. The molecule has 1 N–H and O–H groups in total. The quantitative estimate of drug-likeness (QED) is 0.890. The van der Waals surface area contributed by atoms with E-state index >= 15 is 0 Å². The number of likely N-dealkylation sites (N-methyl/N-ethyl adjacent to an activating group) is 1. The second-order valence-corrected chi connectivity index (χ2v) is 6.46. The molecule has 0 saturated carbocycles. The average molecular weight is 298 g/mol. The molecule has 1 fully saturated rings. The van der Waals surface area contributed by atoms with Gasteiger partial charge in [0.25, 0.3) is 0 Å². The third-order valence-corrected chi connectivity index (χ3v) is 4.43. The summed E-state index contributed by atoms with van der Waals surface area (Å²) < 4.78 is 0. The van der Waals surface area contributed by atoms with Crippen molar-refractivity contribution in [3.8, 4) is 0 Å². The van der Waals surface area contributed by atoms with Crippen LogP contribution in [0.3, 0.4) is 0 Å². The first-order valence-corrected chi connectivity index (χ1v) is 8.18. The lowest BCUT2D eigenvalue weighted by Crippen LogP contribution is -2.38. The van der Waals surface area contributed by atoms with E-state index in [9.17, 15) is 0 Å². The van der Waals surface area contributed by atoms with E-state index in [2.05, 4.69) is 64.1 Å². The van der Waals surface area contributed by atoms with E-state index in [1.54, 1.807) is 0 Å². The number of imidazole rings is 1. The molecule has 1 aromatic carbocycles. The van der Waals surface area contributed by atoms with Crippen molar-refractivity contribution in [1.82, 2.24) is 19.8 Å². The van der Waals surface area contributed by atoms with E-state index in [1.807, 2.05) is 6.20 Å². The number of likely N-dealkylation sites (tertiary alicyclic amines) is 1. The summed E-state index contributed by atoms with van der Waals surface area (Å²) in [6.45, 7) is 6.33. The fourth-order valence-corrected chi connectivity index (χ4v) is 3.36. The number of aromatic amines is 1. The molecular weight excluding hydrogens is 272 g/mol. The van der Waals surface area contributed by atoms with Gasteiger partial charge in [-0.25, -0.2) is 4.98 Å². The summed E-state index contributed by atoms with van der Waals surface area (Å²) in [5.41, 5.74) is 2.55. The van der Waals surface area contributed by atoms with Crippen molar-refractivity contribution in [1.29, 1.82) is 0 Å². The molecule has 0 radical (unpaired) electrons. The van der Waals surface area contributed by atoms with Crippen LogP contribution in [0.1, 0.15) is 29.9 Å². The highest BCUT2D eigenvalue weighted by molar-refractivity contribution is 5.14. The molecule has 2 heterocycles. The average Bonchev–Trinajstić information content (AvgIpc) is 3.10. The monoisotopic (exact) mass is 298 g/mol. The van der Waals surface area contributed by atoms with E-state index in [4.69, 9.17) is 0 Å². The summed E-state index contributed by atoms with van der Waals surface area (Å²) in [5, 5.41) is 0. The van der Waals surface area contributed by atoms with Crippen molar-refractivity contribution in [2.45, 2.75) is 38.9 Å². The van der Waals surface area contributed by atoms with Crippen LogP contribution < -0.4 is 0 Å². The molecule has 118 valence electrons. The van der Waals surface area contributed by atoms with E-state index in [0.29, 0.717) is 6.04 Å². The Bertz CT molecular complexity index is 578. The molecule has 0 spiro atoms. The molecule has 1 aliphatic heterocycles. The molecule has 1 aromatic heterocycles. The third-order valence-electron chi connectivity index (χ3n) is 4.43. The van der Waals surface area contributed by atoms with E-state index in [0.717, 1.165) is 31.2 Å². The van der Waals surface area contributed by atoms with Gasteiger partial charge in [0.15, 0.2) is 0 Å². The first kappa shape index (κ1) is 15.3. The van der Waals surface area contributed by atoms with E-state index in [1.165, 1.54) is 24.9 Å². The first-order chi connectivity index (χ1) is 10.7. The minimum absolute atomic E-state index is 0.654. The van der Waals surface area contributed by atoms with Crippen LogP contribution in [0.15, 0.2) is 36.5 Å². The molecule has 1 atom stereocenters. The highest BCUT2D eigenvalue weighted by Gasteiger charge is 2.25. The Hall–Kier alpha value is -1.65. The van der Waals surface area contributed by atoms with Crippen molar-refractivity contribution in [2.75, 3.05) is 20.1 Å². The van der Waals surface area contributed by atoms with Crippen molar-refractivity contribution >= 4 is 0 Å². The van der Waals surface area contributed by atoms with Gasteiger partial charge in [0.05, 0.1) is 6.54 Å². The van der Waals surface area contributed by atoms with E-state index < -0.39 is 0 Å². The smallest absolute Gasteiger partial charge is 0.120 e. The Morgan fingerprint density at radius 3 is 2.86 bits per heavy atom. The molecule has 0 aliphatic carbocycles. The highest BCUT2D eigenvalue weighted by Crippen LogP contribution is 2.21. The molecule has 0 unspecified atom stereocenters. The van der Waals surface area contributed by atoms with Crippen LogP contribution >= 0.6 is 0 Å². The standard InChI is InChI=1S/C18H26N4/c1-15-11-19-18(20-15)14-21(2)13-17-9-6-10-22(17)12-16-7-4-3-5-8-16/h3-5,7-8,11,17H,6,9-10,12-14H2,1-2H3,(H,19,20)/t17-/m1/s1. The van der Waals surface area contributed by atoms with Crippen molar-refractivity contribution < 1.29 is 0 Å². The molecule has 2 aromatic rings. The van der Waals surface area contributed by atoms with Gasteiger partial charge in [0.1, 0.15) is 5.82 Å². The number of rotatable bonds is 6. The summed E-state index contributed by atoms with van der Waals surface area (Å²) in [6.07, 6.45) is 4.51. The van der Waals surface area contributed by atoms with Crippen LogP contribution in [-0.4, -0.2) is 45.9 Å². The maximum absolute atomic E-state index is 4.41. The van der Waals surface area contributed by atoms with Gasteiger partial charge in [-0.05, 0) is 38.9 Å². The lowest BCUT2D eigenvalue weighted by molar-refractivity contribution is 0.180. The van der Waals surface area contributed by atoms with Gasteiger partial charge in [-0.15, -0.1) is 0 Å². The Morgan fingerprint density at radius 2 is 2.14 bits per heavy atom. The Balaban J connectivity index is 1.54. The normalized spacial score (nSPS) is 19.1. The molecule has 0 bridgehead atoms. The minimum Gasteiger partial charge on any atom is -0.345 e. The van der Waals surface area contributed by atoms with Gasteiger partial charge in [0.2, 0.25) is 0 Å². The second-order valence-electron chi connectivity index (χ2n) is 6.46. The zero-order chi connectivity index (χ0) is 15.4. The molecule has 4 heteroatoms. The topological polar surface area (TPSA) is 35.2 Å². The highest BCUT2D eigenvalue weighted by atomic mass is 15.2. The zero-order valence-electron chi connectivity index (χ0n) is 13.6. The van der Waals surface area contributed by atoms with Gasteiger partial charge in [0, 0.05) is 31.0 Å². The van der Waals surface area contributed by atoms with Gasteiger partial charge in [-0.3, -0.25) is 9.80 Å². The predicted molar refractivity (Wildman–Crippen MR) is 89.5 cm³/mol. The van der Waals surface area contributed by atoms with Crippen LogP contribution in [0.25, 0.3) is 0 Å². The van der Waals surface area contributed by atoms with Crippen LogP contribution in [0, 0.1) is 6.92 Å². The van der Waals surface area contributed by atoms with Crippen LogP contribution in [0.5, 0.6) is 0 Å². The number of aromatic nitrogens is 2. The molecule has 3 rings (SSSR count). The largest absolute Gasteiger partial charge is 0.345 e. The summed E-state index contributed by atoms with van der Waals surface area (Å²) >= 11 is 0. The van der Waals surface area contributed by atoms with Crippen molar-refractivity contribution in [2.24, 2.45) is 0 Å². The summed E-state index contributed by atoms with van der Waals surface area (Å²) in [5.74, 6) is 1.06. The number of hydrogen-bond acceptors (Lipinski definition) is 3. The molecule has 22 heavy (non-hydrogen) atoms. The number of nitrogens with zero attached hydrogens (tertiary/aromatic N) is 3. The lowest BCUT2D eigenvalue weighted by Gasteiger charge is -2.28. The van der Waals surface area contributed by atoms with Crippen molar-refractivity contribution in [3.05, 3.63) is 53.6 Å². The van der Waals surface area contributed by atoms with Crippen molar-refractivity contribution in [3.63, 3.8) is 0 Å². The maximum Gasteiger partial charge on any atom is 0.120 e. The summed E-state index contributed by atoms with van der Waals surface area (Å²) in [6, 6.07) is 11.5. The van der Waals surface area contributed by atoms with Gasteiger partial charge in [-0.2, -0.15) is 0 Å². The SMILES string of the molecule is Cc1cnc(CN(C)C[C@H]2CCCN2Cc2ccccc2)[nH]1. The molecule has 1 aliphatic rings. The van der Waals surface area contributed by atoms with Gasteiger partial charge < -0.3 is 4.98 Å². The molecule has 0 amide bonds. The summed E-state index contributed by atoms with van der Waals surface area (Å²) in [7, 11) is 2.19. The number of H-pyrrole nitrogens is 1.